The maximum atomic E-state index is 9.85. The van der Waals surface area contributed by atoms with Gasteiger partial charge in [-0.1, -0.05) is 24.5 Å². The molecule has 2 atom stereocenters. The summed E-state index contributed by atoms with van der Waals surface area (Å²) in [5.41, 5.74) is 1.37. The molecule has 0 amide bonds. The molecule has 88 valence electrons. The van der Waals surface area contributed by atoms with Crippen molar-refractivity contribution in [3.05, 3.63) is 11.6 Å². The minimum Gasteiger partial charge on any atom is -0.393 e. The summed E-state index contributed by atoms with van der Waals surface area (Å²) in [4.78, 5) is 2.31. The molecule has 1 aliphatic carbocycles. The van der Waals surface area contributed by atoms with Crippen molar-refractivity contribution in [3.63, 3.8) is 0 Å². The van der Waals surface area contributed by atoms with E-state index in [0.29, 0.717) is 5.92 Å². The first-order chi connectivity index (χ1) is 7.09. The Hall–Kier alpha value is -0.340. The van der Waals surface area contributed by atoms with Crippen LogP contribution < -0.4 is 0 Å². The molecule has 2 unspecified atom stereocenters. The second kappa shape index (κ2) is 6.29. The van der Waals surface area contributed by atoms with Crippen LogP contribution in [0.1, 0.15) is 39.5 Å². The number of aliphatic hydroxyl groups excluding tert-OH is 1. The third-order valence-electron chi connectivity index (χ3n) is 3.23. The van der Waals surface area contributed by atoms with Crippen LogP contribution in [-0.2, 0) is 0 Å². The first kappa shape index (κ1) is 12.7. The Labute approximate surface area is 94.0 Å². The summed E-state index contributed by atoms with van der Waals surface area (Å²) in [5, 5.41) is 9.85. The van der Waals surface area contributed by atoms with Gasteiger partial charge in [-0.25, -0.2) is 0 Å². The van der Waals surface area contributed by atoms with Gasteiger partial charge in [0.15, 0.2) is 0 Å². The zero-order valence-corrected chi connectivity index (χ0v) is 10.4. The fourth-order valence-electron chi connectivity index (χ4n) is 2.21. The number of allylic oxidation sites excluding steroid dienone is 1. The highest BCUT2D eigenvalue weighted by atomic mass is 16.3. The molecule has 1 rings (SSSR count). The molecule has 0 heterocycles. The molecule has 0 aromatic heterocycles. The molecule has 0 spiro atoms. The fourth-order valence-corrected chi connectivity index (χ4v) is 2.21. The Morgan fingerprint density at radius 2 is 2.00 bits per heavy atom. The Morgan fingerprint density at radius 1 is 1.33 bits per heavy atom. The van der Waals surface area contributed by atoms with E-state index >= 15 is 0 Å². The van der Waals surface area contributed by atoms with Crippen LogP contribution in [0.25, 0.3) is 0 Å². The SMILES string of the molecule is CC(C)=CCN(C)CC1CCCCC1O. The average Bonchev–Trinajstić information content (AvgIpc) is 2.18. The van der Waals surface area contributed by atoms with Gasteiger partial charge >= 0.3 is 0 Å². The molecular formula is C13H25NO. The van der Waals surface area contributed by atoms with Crippen LogP contribution in [0, 0.1) is 5.92 Å². The molecule has 2 nitrogen and oxygen atoms in total. The highest BCUT2D eigenvalue weighted by Crippen LogP contribution is 2.24. The molecule has 0 radical (unpaired) electrons. The first-order valence-corrected chi connectivity index (χ1v) is 6.09. The molecule has 0 aromatic rings. The Kier molecular flexibility index (Phi) is 5.34. The van der Waals surface area contributed by atoms with E-state index < -0.39 is 0 Å². The monoisotopic (exact) mass is 211 g/mol. The van der Waals surface area contributed by atoms with Gasteiger partial charge < -0.3 is 10.0 Å². The molecular weight excluding hydrogens is 186 g/mol. The number of hydrogen-bond donors (Lipinski definition) is 1. The van der Waals surface area contributed by atoms with Crippen LogP contribution in [0.3, 0.4) is 0 Å². The molecule has 0 bridgehead atoms. The number of rotatable bonds is 4. The van der Waals surface area contributed by atoms with E-state index in [4.69, 9.17) is 0 Å². The zero-order valence-electron chi connectivity index (χ0n) is 10.4. The number of likely N-dealkylation sites (N-methyl/N-ethyl adjacent to an activating group) is 1. The molecule has 0 saturated heterocycles. The minimum atomic E-state index is -0.0621. The summed E-state index contributed by atoms with van der Waals surface area (Å²) in [6.45, 7) is 6.29. The van der Waals surface area contributed by atoms with E-state index in [-0.39, 0.29) is 6.10 Å². The van der Waals surface area contributed by atoms with E-state index in [1.165, 1.54) is 24.8 Å². The molecule has 1 N–H and O–H groups in total. The van der Waals surface area contributed by atoms with Gasteiger partial charge in [0.05, 0.1) is 6.10 Å². The minimum absolute atomic E-state index is 0.0621. The zero-order chi connectivity index (χ0) is 11.3. The molecule has 0 aromatic carbocycles. The highest BCUT2D eigenvalue weighted by Gasteiger charge is 2.23. The summed E-state index contributed by atoms with van der Waals surface area (Å²) in [6, 6.07) is 0. The second-order valence-electron chi connectivity index (χ2n) is 5.11. The molecule has 2 heteroatoms. The van der Waals surface area contributed by atoms with E-state index in [0.717, 1.165) is 19.5 Å². The lowest BCUT2D eigenvalue weighted by molar-refractivity contribution is 0.0533. The topological polar surface area (TPSA) is 23.5 Å². The van der Waals surface area contributed by atoms with Crippen molar-refractivity contribution in [2.45, 2.75) is 45.6 Å². The van der Waals surface area contributed by atoms with Gasteiger partial charge in [0.1, 0.15) is 0 Å². The molecule has 1 saturated carbocycles. The molecule has 0 aliphatic heterocycles. The Morgan fingerprint density at radius 3 is 2.60 bits per heavy atom. The lowest BCUT2D eigenvalue weighted by Gasteiger charge is -2.30. The van der Waals surface area contributed by atoms with Crippen LogP contribution in [0.5, 0.6) is 0 Å². The molecule has 15 heavy (non-hydrogen) atoms. The van der Waals surface area contributed by atoms with Gasteiger partial charge in [0, 0.05) is 13.1 Å². The van der Waals surface area contributed by atoms with E-state index in [2.05, 4.69) is 31.9 Å². The third-order valence-corrected chi connectivity index (χ3v) is 3.23. The summed E-state index contributed by atoms with van der Waals surface area (Å²) < 4.78 is 0. The van der Waals surface area contributed by atoms with Crippen LogP contribution >= 0.6 is 0 Å². The maximum Gasteiger partial charge on any atom is 0.0580 e. The van der Waals surface area contributed by atoms with Crippen molar-refractivity contribution in [1.82, 2.24) is 4.90 Å². The van der Waals surface area contributed by atoms with E-state index in [9.17, 15) is 5.11 Å². The van der Waals surface area contributed by atoms with Crippen LogP contribution in [0.4, 0.5) is 0 Å². The summed E-state index contributed by atoms with van der Waals surface area (Å²) in [6.07, 6.45) is 6.87. The van der Waals surface area contributed by atoms with Gasteiger partial charge in [-0.05, 0) is 39.7 Å². The number of aliphatic hydroxyl groups is 1. The van der Waals surface area contributed by atoms with Gasteiger partial charge in [0.2, 0.25) is 0 Å². The summed E-state index contributed by atoms with van der Waals surface area (Å²) in [7, 11) is 2.14. The van der Waals surface area contributed by atoms with Crippen molar-refractivity contribution in [2.75, 3.05) is 20.1 Å². The Balaban J connectivity index is 2.29. The summed E-state index contributed by atoms with van der Waals surface area (Å²) in [5.74, 6) is 0.495. The van der Waals surface area contributed by atoms with Crippen LogP contribution in [-0.4, -0.2) is 36.2 Å². The largest absolute Gasteiger partial charge is 0.393 e. The van der Waals surface area contributed by atoms with Crippen molar-refractivity contribution in [1.29, 1.82) is 0 Å². The normalized spacial score (nSPS) is 26.7. The van der Waals surface area contributed by atoms with Crippen molar-refractivity contribution in [2.24, 2.45) is 5.92 Å². The summed E-state index contributed by atoms with van der Waals surface area (Å²) >= 11 is 0. The first-order valence-electron chi connectivity index (χ1n) is 6.09. The number of nitrogens with zero attached hydrogens (tertiary/aromatic N) is 1. The average molecular weight is 211 g/mol. The smallest absolute Gasteiger partial charge is 0.0580 e. The van der Waals surface area contributed by atoms with Gasteiger partial charge in [-0.15, -0.1) is 0 Å². The second-order valence-corrected chi connectivity index (χ2v) is 5.11. The van der Waals surface area contributed by atoms with Gasteiger partial charge in [-0.2, -0.15) is 0 Å². The lowest BCUT2D eigenvalue weighted by atomic mass is 9.86. The Bertz CT molecular complexity index is 209. The van der Waals surface area contributed by atoms with Crippen LogP contribution in [0.2, 0.25) is 0 Å². The van der Waals surface area contributed by atoms with E-state index in [1.807, 2.05) is 0 Å². The van der Waals surface area contributed by atoms with Crippen LogP contribution in [0.15, 0.2) is 11.6 Å². The molecule has 1 fully saturated rings. The standard InChI is InChI=1S/C13H25NO/c1-11(2)8-9-14(3)10-12-6-4-5-7-13(12)15/h8,12-13,15H,4-7,9-10H2,1-3H3. The predicted octanol–water partition coefficient (Wildman–Crippen LogP) is 2.44. The quantitative estimate of drug-likeness (QED) is 0.722. The van der Waals surface area contributed by atoms with Gasteiger partial charge in [0.25, 0.3) is 0 Å². The van der Waals surface area contributed by atoms with Crippen molar-refractivity contribution < 1.29 is 5.11 Å². The maximum absolute atomic E-state index is 9.85. The van der Waals surface area contributed by atoms with Crippen molar-refractivity contribution >= 4 is 0 Å². The van der Waals surface area contributed by atoms with Crippen molar-refractivity contribution in [3.8, 4) is 0 Å². The molecule has 1 aliphatic rings. The lowest BCUT2D eigenvalue weighted by Crippen LogP contribution is -2.35. The highest BCUT2D eigenvalue weighted by molar-refractivity contribution is 4.94. The van der Waals surface area contributed by atoms with Gasteiger partial charge in [-0.3, -0.25) is 0 Å². The third kappa shape index (κ3) is 4.80. The van der Waals surface area contributed by atoms with E-state index in [1.54, 1.807) is 0 Å². The number of hydrogen-bond acceptors (Lipinski definition) is 2. The predicted molar refractivity (Wildman–Crippen MR) is 64.9 cm³/mol. The fraction of sp³-hybridized carbons (Fsp3) is 0.846.